The molecule has 9 nitrogen and oxygen atoms in total. The number of aromatic hydroxyl groups is 1. The fourth-order valence-electron chi connectivity index (χ4n) is 6.88. The molecule has 0 radical (unpaired) electrons. The van der Waals surface area contributed by atoms with Gasteiger partial charge in [0.25, 0.3) is 0 Å². The van der Waals surface area contributed by atoms with Gasteiger partial charge in [-0.05, 0) is 62.9 Å². The molecule has 10 heteroatoms. The normalized spacial score (nSPS) is 22.0. The van der Waals surface area contributed by atoms with Crippen molar-refractivity contribution in [2.45, 2.75) is 44.8 Å². The van der Waals surface area contributed by atoms with Crippen molar-refractivity contribution in [2.24, 2.45) is 7.05 Å². The van der Waals surface area contributed by atoms with Gasteiger partial charge in [-0.1, -0.05) is 17.7 Å². The Morgan fingerprint density at radius 2 is 1.95 bits per heavy atom. The number of imidazole rings is 1. The lowest BCUT2D eigenvalue weighted by Crippen LogP contribution is -2.53. The number of benzene rings is 1. The Labute approximate surface area is 237 Å². The van der Waals surface area contributed by atoms with Crippen LogP contribution in [0, 0.1) is 6.92 Å². The zero-order chi connectivity index (χ0) is 27.8. The molecule has 206 valence electrons. The van der Waals surface area contributed by atoms with Crippen LogP contribution in [0.15, 0.2) is 53.7 Å². The lowest BCUT2D eigenvalue weighted by molar-refractivity contribution is 0.123. The van der Waals surface area contributed by atoms with Gasteiger partial charge in [0.15, 0.2) is 5.82 Å². The van der Waals surface area contributed by atoms with E-state index in [0.717, 1.165) is 54.4 Å². The summed E-state index contributed by atoms with van der Waals surface area (Å²) in [5.41, 5.74) is 5.04. The average Bonchev–Trinajstić information content (AvgIpc) is 3.65. The van der Waals surface area contributed by atoms with Gasteiger partial charge < -0.3 is 19.9 Å². The summed E-state index contributed by atoms with van der Waals surface area (Å²) >= 11 is 6.65. The van der Waals surface area contributed by atoms with E-state index >= 15 is 0 Å². The van der Waals surface area contributed by atoms with Gasteiger partial charge in [-0.2, -0.15) is 0 Å². The third-order valence-corrected chi connectivity index (χ3v) is 9.17. The van der Waals surface area contributed by atoms with Crippen LogP contribution in [0.4, 0.5) is 11.5 Å². The van der Waals surface area contributed by atoms with Crippen molar-refractivity contribution in [1.29, 1.82) is 0 Å². The minimum Gasteiger partial charge on any atom is -0.505 e. The van der Waals surface area contributed by atoms with Crippen LogP contribution in [0.2, 0.25) is 5.02 Å². The molecule has 2 N–H and O–H groups in total. The van der Waals surface area contributed by atoms with Gasteiger partial charge in [0.05, 0.1) is 22.6 Å². The van der Waals surface area contributed by atoms with Gasteiger partial charge in [0.1, 0.15) is 11.4 Å². The molecule has 2 atom stereocenters. The Morgan fingerprint density at radius 1 is 1.10 bits per heavy atom. The van der Waals surface area contributed by atoms with Crippen molar-refractivity contribution in [3.63, 3.8) is 0 Å². The lowest BCUT2D eigenvalue weighted by atomic mass is 9.94. The van der Waals surface area contributed by atoms with E-state index in [1.54, 1.807) is 37.8 Å². The van der Waals surface area contributed by atoms with Crippen molar-refractivity contribution >= 4 is 23.1 Å². The Bertz CT molecular complexity index is 1710. The van der Waals surface area contributed by atoms with Crippen molar-refractivity contribution in [3.05, 3.63) is 70.1 Å². The van der Waals surface area contributed by atoms with E-state index in [9.17, 15) is 9.90 Å². The van der Waals surface area contributed by atoms with Gasteiger partial charge in [-0.15, -0.1) is 0 Å². The topological polar surface area (TPSA) is 91.5 Å². The molecule has 2 bridgehead atoms. The Balaban J connectivity index is 1.28. The van der Waals surface area contributed by atoms with Crippen LogP contribution in [0.1, 0.15) is 31.9 Å². The molecule has 3 aliphatic rings. The van der Waals surface area contributed by atoms with Crippen LogP contribution < -0.4 is 15.9 Å². The van der Waals surface area contributed by atoms with E-state index in [-0.39, 0.29) is 23.1 Å². The summed E-state index contributed by atoms with van der Waals surface area (Å²) in [6.07, 6.45) is 8.97. The number of anilines is 2. The summed E-state index contributed by atoms with van der Waals surface area (Å²) < 4.78 is 2.99. The van der Waals surface area contributed by atoms with Crippen LogP contribution >= 0.6 is 11.6 Å². The summed E-state index contributed by atoms with van der Waals surface area (Å²) in [4.78, 5) is 27.1. The maximum absolute atomic E-state index is 12.4. The van der Waals surface area contributed by atoms with E-state index in [1.165, 1.54) is 22.0 Å². The van der Waals surface area contributed by atoms with E-state index in [1.807, 2.05) is 19.1 Å². The molecule has 2 fully saturated rings. The molecule has 2 unspecified atom stereocenters. The van der Waals surface area contributed by atoms with Gasteiger partial charge in [0, 0.05) is 67.6 Å². The van der Waals surface area contributed by atoms with Crippen LogP contribution in [-0.4, -0.2) is 60.4 Å². The molecule has 1 spiro atoms. The first kappa shape index (κ1) is 25.2. The van der Waals surface area contributed by atoms with E-state index < -0.39 is 0 Å². The summed E-state index contributed by atoms with van der Waals surface area (Å²) in [6.45, 7) is 7.23. The molecule has 2 saturated heterocycles. The van der Waals surface area contributed by atoms with Crippen LogP contribution in [0.5, 0.6) is 5.75 Å². The number of nitrogens with one attached hydrogen (secondary N) is 1. The number of aryl methyl sites for hydroxylation is 2. The Hall–Kier alpha value is -3.82. The van der Waals surface area contributed by atoms with Crippen LogP contribution in [0.3, 0.4) is 0 Å². The second-order valence-corrected chi connectivity index (χ2v) is 11.7. The third-order valence-electron chi connectivity index (χ3n) is 8.86. The number of halogens is 1. The summed E-state index contributed by atoms with van der Waals surface area (Å²) in [5, 5.41) is 15.6. The second-order valence-electron chi connectivity index (χ2n) is 11.3. The molecule has 4 aromatic rings. The monoisotopic (exact) mass is 557 g/mol. The maximum atomic E-state index is 12.4. The molecule has 7 rings (SSSR count). The molecular weight excluding hydrogens is 526 g/mol. The molecule has 40 heavy (non-hydrogen) atoms. The zero-order valence-corrected chi connectivity index (χ0v) is 23.6. The first-order chi connectivity index (χ1) is 19.2. The fourth-order valence-corrected chi connectivity index (χ4v) is 7.15. The quantitative estimate of drug-likeness (QED) is 0.374. The average molecular weight is 558 g/mol. The fraction of sp³-hybridized carbons (Fsp3) is 0.367. The van der Waals surface area contributed by atoms with E-state index in [4.69, 9.17) is 21.6 Å². The van der Waals surface area contributed by atoms with Gasteiger partial charge in [-0.25, -0.2) is 14.8 Å². The number of aromatic nitrogens is 4. The molecular formula is C30H32ClN7O2. The molecule has 1 aromatic carbocycles. The third kappa shape index (κ3) is 3.83. The minimum absolute atomic E-state index is 0.0695. The summed E-state index contributed by atoms with van der Waals surface area (Å²) in [7, 11) is 1.70. The number of fused-ring (bicyclic) bond motifs is 3. The second kappa shape index (κ2) is 9.11. The van der Waals surface area contributed by atoms with Gasteiger partial charge in [0.2, 0.25) is 0 Å². The van der Waals surface area contributed by atoms with Crippen LogP contribution in [-0.2, 0) is 7.05 Å². The highest BCUT2D eigenvalue weighted by molar-refractivity contribution is 6.32. The van der Waals surface area contributed by atoms with E-state index in [0.29, 0.717) is 22.0 Å². The Morgan fingerprint density at radius 3 is 2.73 bits per heavy atom. The number of rotatable bonds is 3. The smallest absolute Gasteiger partial charge is 0.332 e. The highest BCUT2D eigenvalue weighted by Crippen LogP contribution is 2.46. The molecule has 0 aliphatic carbocycles. The highest BCUT2D eigenvalue weighted by Gasteiger charge is 2.49. The highest BCUT2D eigenvalue weighted by atomic mass is 35.5. The predicted octanol–water partition coefficient (Wildman–Crippen LogP) is 4.78. The van der Waals surface area contributed by atoms with Crippen molar-refractivity contribution in [3.8, 4) is 33.8 Å². The minimum atomic E-state index is -0.181. The Kier molecular flexibility index (Phi) is 5.73. The standard InChI is InChI=1S/C30H32ClN7O2/c1-18-13-22(20-5-6-24(23(31)14-20)37-12-11-35(3)29(37)40)27(39)26(33-18)21-15-25-28(32-16-21)34-19(2)38-9-4-7-30(38)8-10-36(25)17-30/h5-6,11-16,19,39H,4,7-10,17H2,1-3H3,(H,32,34). The first-order valence-corrected chi connectivity index (χ1v) is 14.2. The molecule has 3 aliphatic heterocycles. The van der Waals surface area contributed by atoms with E-state index in [2.05, 4.69) is 28.1 Å². The number of pyridine rings is 2. The van der Waals surface area contributed by atoms with Crippen molar-refractivity contribution in [1.82, 2.24) is 24.0 Å². The first-order valence-electron chi connectivity index (χ1n) is 13.8. The number of hydrogen-bond donors (Lipinski definition) is 2. The number of hydrogen-bond acceptors (Lipinski definition) is 7. The molecule has 3 aromatic heterocycles. The van der Waals surface area contributed by atoms with Crippen molar-refractivity contribution < 1.29 is 5.11 Å². The molecule has 0 amide bonds. The van der Waals surface area contributed by atoms with Gasteiger partial charge >= 0.3 is 5.69 Å². The summed E-state index contributed by atoms with van der Waals surface area (Å²) in [6, 6.07) is 9.38. The predicted molar refractivity (Wildman–Crippen MR) is 157 cm³/mol. The van der Waals surface area contributed by atoms with Crippen LogP contribution in [0.25, 0.3) is 28.1 Å². The number of nitrogens with zero attached hydrogens (tertiary/aromatic N) is 6. The zero-order valence-electron chi connectivity index (χ0n) is 22.9. The maximum Gasteiger partial charge on any atom is 0.332 e. The van der Waals surface area contributed by atoms with Crippen molar-refractivity contribution in [2.75, 3.05) is 29.9 Å². The molecule has 0 saturated carbocycles. The lowest BCUT2D eigenvalue weighted by Gasteiger charge is -2.42. The largest absolute Gasteiger partial charge is 0.505 e. The molecule has 6 heterocycles. The summed E-state index contributed by atoms with van der Waals surface area (Å²) in [5.74, 6) is 0.935. The SMILES string of the molecule is Cc1cc(-c2ccc(-n3ccn(C)c3=O)c(Cl)c2)c(O)c(-c2cnc3c(c2)N2CCC4(CCCN4C(C)N3)C2)n1. The van der Waals surface area contributed by atoms with Gasteiger partial charge in [-0.3, -0.25) is 9.47 Å².